The van der Waals surface area contributed by atoms with E-state index in [1.54, 1.807) is 43.0 Å². The molecular weight excluding hydrogens is 296 g/mol. The average molecular weight is 318 g/mol. The van der Waals surface area contributed by atoms with Crippen LogP contribution in [-0.4, -0.2) is 36.0 Å². The summed E-state index contributed by atoms with van der Waals surface area (Å²) in [6.07, 6.45) is 1.79. The van der Waals surface area contributed by atoms with Gasteiger partial charge in [-0.15, -0.1) is 0 Å². The van der Waals surface area contributed by atoms with Crippen LogP contribution in [0.3, 0.4) is 0 Å². The Kier molecular flexibility index (Phi) is 5.03. The van der Waals surface area contributed by atoms with Crippen LogP contribution < -0.4 is 10.2 Å². The molecule has 0 spiro atoms. The molecule has 1 fully saturated rings. The standard InChI is InChI=1S/C17H22N2O4/c1-17(2,16(22)23)9-10-18-15(21)12-5-7-13(8-6-12)19-11-3-4-14(19)20/h5-8H,3-4,9-11H2,1-2H3,(H,18,21)(H,22,23). The summed E-state index contributed by atoms with van der Waals surface area (Å²) in [4.78, 5) is 36.5. The number of carbonyl (C=O) groups is 3. The van der Waals surface area contributed by atoms with Crippen molar-refractivity contribution in [2.24, 2.45) is 5.41 Å². The van der Waals surface area contributed by atoms with Crippen LogP contribution in [0.25, 0.3) is 0 Å². The van der Waals surface area contributed by atoms with Crippen molar-refractivity contribution in [1.29, 1.82) is 0 Å². The van der Waals surface area contributed by atoms with Crippen LogP contribution in [0.4, 0.5) is 5.69 Å². The minimum Gasteiger partial charge on any atom is -0.481 e. The van der Waals surface area contributed by atoms with Gasteiger partial charge in [0.25, 0.3) is 5.91 Å². The lowest BCUT2D eigenvalue weighted by atomic mass is 9.90. The van der Waals surface area contributed by atoms with E-state index >= 15 is 0 Å². The molecule has 124 valence electrons. The molecule has 2 N–H and O–H groups in total. The molecule has 2 amide bonds. The molecule has 0 unspecified atom stereocenters. The molecule has 0 aromatic heterocycles. The Morgan fingerprint density at radius 1 is 1.26 bits per heavy atom. The van der Waals surface area contributed by atoms with E-state index in [0.717, 1.165) is 12.1 Å². The topological polar surface area (TPSA) is 86.7 Å². The highest BCUT2D eigenvalue weighted by Crippen LogP contribution is 2.22. The van der Waals surface area contributed by atoms with Gasteiger partial charge in [0.05, 0.1) is 5.41 Å². The van der Waals surface area contributed by atoms with Crippen molar-refractivity contribution in [3.8, 4) is 0 Å². The van der Waals surface area contributed by atoms with Crippen molar-refractivity contribution in [3.05, 3.63) is 29.8 Å². The molecule has 1 saturated heterocycles. The van der Waals surface area contributed by atoms with Crippen molar-refractivity contribution >= 4 is 23.5 Å². The van der Waals surface area contributed by atoms with E-state index in [9.17, 15) is 14.4 Å². The number of rotatable bonds is 6. The lowest BCUT2D eigenvalue weighted by Gasteiger charge is -2.19. The molecule has 1 heterocycles. The van der Waals surface area contributed by atoms with E-state index < -0.39 is 11.4 Å². The van der Waals surface area contributed by atoms with Gasteiger partial charge in [0.15, 0.2) is 0 Å². The molecule has 0 saturated carbocycles. The first kappa shape index (κ1) is 17.0. The highest BCUT2D eigenvalue weighted by molar-refractivity contribution is 5.97. The maximum atomic E-state index is 12.1. The second kappa shape index (κ2) is 6.81. The van der Waals surface area contributed by atoms with Gasteiger partial charge < -0.3 is 15.3 Å². The number of anilines is 1. The summed E-state index contributed by atoms with van der Waals surface area (Å²) in [5.41, 5.74) is 0.428. The fourth-order valence-corrected chi connectivity index (χ4v) is 2.41. The van der Waals surface area contributed by atoms with E-state index in [0.29, 0.717) is 31.5 Å². The van der Waals surface area contributed by atoms with Crippen molar-refractivity contribution in [1.82, 2.24) is 5.32 Å². The van der Waals surface area contributed by atoms with Crippen LogP contribution in [-0.2, 0) is 9.59 Å². The first-order valence-electron chi connectivity index (χ1n) is 7.73. The summed E-state index contributed by atoms with van der Waals surface area (Å²) in [5, 5.41) is 11.8. The predicted molar refractivity (Wildman–Crippen MR) is 86.4 cm³/mol. The van der Waals surface area contributed by atoms with E-state index in [1.165, 1.54) is 0 Å². The first-order chi connectivity index (χ1) is 10.8. The number of hydrogen-bond donors (Lipinski definition) is 2. The van der Waals surface area contributed by atoms with Crippen molar-refractivity contribution in [2.75, 3.05) is 18.0 Å². The summed E-state index contributed by atoms with van der Waals surface area (Å²) < 4.78 is 0. The fourth-order valence-electron chi connectivity index (χ4n) is 2.41. The van der Waals surface area contributed by atoms with E-state index in [2.05, 4.69) is 5.32 Å². The molecule has 1 aromatic rings. The Morgan fingerprint density at radius 2 is 1.91 bits per heavy atom. The summed E-state index contributed by atoms with van der Waals surface area (Å²) >= 11 is 0. The molecule has 0 bridgehead atoms. The van der Waals surface area contributed by atoms with Crippen molar-refractivity contribution in [3.63, 3.8) is 0 Å². The van der Waals surface area contributed by atoms with Crippen molar-refractivity contribution in [2.45, 2.75) is 33.1 Å². The predicted octanol–water partition coefficient (Wildman–Crippen LogP) is 2.04. The third-order valence-corrected chi connectivity index (χ3v) is 4.13. The zero-order chi connectivity index (χ0) is 17.0. The fraction of sp³-hybridized carbons (Fsp3) is 0.471. The normalized spacial score (nSPS) is 14.9. The molecule has 2 rings (SSSR count). The smallest absolute Gasteiger partial charge is 0.309 e. The monoisotopic (exact) mass is 318 g/mol. The average Bonchev–Trinajstić information content (AvgIpc) is 2.93. The van der Waals surface area contributed by atoms with Crippen LogP contribution in [0, 0.1) is 5.41 Å². The van der Waals surface area contributed by atoms with Gasteiger partial charge in [-0.3, -0.25) is 14.4 Å². The van der Waals surface area contributed by atoms with Crippen LogP contribution in [0.15, 0.2) is 24.3 Å². The molecular formula is C17H22N2O4. The zero-order valence-electron chi connectivity index (χ0n) is 13.5. The van der Waals surface area contributed by atoms with Crippen LogP contribution in [0.2, 0.25) is 0 Å². The van der Waals surface area contributed by atoms with Gasteiger partial charge in [-0.1, -0.05) is 0 Å². The highest BCUT2D eigenvalue weighted by atomic mass is 16.4. The number of nitrogens with zero attached hydrogens (tertiary/aromatic N) is 1. The van der Waals surface area contributed by atoms with Gasteiger partial charge in [0.2, 0.25) is 5.91 Å². The lowest BCUT2D eigenvalue weighted by Crippen LogP contribution is -2.32. The number of hydrogen-bond acceptors (Lipinski definition) is 3. The Hall–Kier alpha value is -2.37. The Balaban J connectivity index is 1.90. The molecule has 6 heteroatoms. The molecule has 0 aliphatic carbocycles. The largest absolute Gasteiger partial charge is 0.481 e. The maximum absolute atomic E-state index is 12.1. The van der Waals surface area contributed by atoms with Gasteiger partial charge >= 0.3 is 5.97 Å². The minimum absolute atomic E-state index is 0.109. The quantitative estimate of drug-likeness (QED) is 0.840. The number of amides is 2. The Labute approximate surface area is 135 Å². The molecule has 0 radical (unpaired) electrons. The Morgan fingerprint density at radius 3 is 2.43 bits per heavy atom. The van der Waals surface area contributed by atoms with Gasteiger partial charge in [-0.05, 0) is 51.0 Å². The lowest BCUT2D eigenvalue weighted by molar-refractivity contribution is -0.147. The van der Waals surface area contributed by atoms with E-state index in [1.807, 2.05) is 0 Å². The number of carboxylic acid groups (broad SMARTS) is 1. The summed E-state index contributed by atoms with van der Waals surface area (Å²) in [5.74, 6) is -1.02. The van der Waals surface area contributed by atoms with Crippen molar-refractivity contribution < 1.29 is 19.5 Å². The minimum atomic E-state index is -0.883. The maximum Gasteiger partial charge on any atom is 0.309 e. The summed E-state index contributed by atoms with van der Waals surface area (Å²) in [7, 11) is 0. The number of carboxylic acids is 1. The molecule has 1 aliphatic rings. The molecule has 1 aromatic carbocycles. The molecule has 1 aliphatic heterocycles. The second-order valence-electron chi connectivity index (χ2n) is 6.39. The van der Waals surface area contributed by atoms with E-state index in [-0.39, 0.29) is 11.8 Å². The third-order valence-electron chi connectivity index (χ3n) is 4.13. The SMILES string of the molecule is CC(C)(CCNC(=O)c1ccc(N2CCCC2=O)cc1)C(=O)O. The zero-order valence-corrected chi connectivity index (χ0v) is 13.5. The van der Waals surface area contributed by atoms with Crippen LogP contribution in [0.5, 0.6) is 0 Å². The van der Waals surface area contributed by atoms with Gasteiger partial charge in [0.1, 0.15) is 0 Å². The molecule has 0 atom stereocenters. The van der Waals surface area contributed by atoms with Gasteiger partial charge in [0, 0.05) is 30.8 Å². The third kappa shape index (κ3) is 4.09. The number of carbonyl (C=O) groups excluding carboxylic acids is 2. The molecule has 6 nitrogen and oxygen atoms in total. The second-order valence-corrected chi connectivity index (χ2v) is 6.39. The summed E-state index contributed by atoms with van der Waals surface area (Å²) in [6.45, 7) is 4.27. The van der Waals surface area contributed by atoms with Crippen LogP contribution in [0.1, 0.15) is 43.5 Å². The number of benzene rings is 1. The van der Waals surface area contributed by atoms with Gasteiger partial charge in [-0.25, -0.2) is 0 Å². The number of aliphatic carboxylic acids is 1. The van der Waals surface area contributed by atoms with Gasteiger partial charge in [-0.2, -0.15) is 0 Å². The summed E-state index contributed by atoms with van der Waals surface area (Å²) in [6, 6.07) is 6.88. The Bertz CT molecular complexity index is 608. The number of nitrogens with one attached hydrogen (secondary N) is 1. The van der Waals surface area contributed by atoms with E-state index in [4.69, 9.17) is 5.11 Å². The first-order valence-corrected chi connectivity index (χ1v) is 7.73. The molecule has 23 heavy (non-hydrogen) atoms. The van der Waals surface area contributed by atoms with Crippen LogP contribution >= 0.6 is 0 Å². The highest BCUT2D eigenvalue weighted by Gasteiger charge is 2.26.